The fourth-order valence-corrected chi connectivity index (χ4v) is 2.65. The van der Waals surface area contributed by atoms with E-state index in [2.05, 4.69) is 5.10 Å². The number of rotatable bonds is 2. The largest absolute Gasteiger partial charge is 0.416 e. The van der Waals surface area contributed by atoms with Gasteiger partial charge < -0.3 is 0 Å². The molecule has 0 saturated heterocycles. The fourth-order valence-electron chi connectivity index (χ4n) is 2.18. The molecule has 1 heterocycles. The van der Waals surface area contributed by atoms with Crippen LogP contribution in [0.1, 0.15) is 11.1 Å². The van der Waals surface area contributed by atoms with Crippen LogP contribution in [0.4, 0.5) is 13.2 Å². The summed E-state index contributed by atoms with van der Waals surface area (Å²) in [5.41, 5.74) is 0.429. The molecule has 2 nitrogen and oxygen atoms in total. The molecule has 0 aliphatic rings. The lowest BCUT2D eigenvalue weighted by molar-refractivity contribution is -0.137. The molecular formula is C15H9Cl2F3N2. The van der Waals surface area contributed by atoms with E-state index in [-0.39, 0.29) is 6.54 Å². The molecule has 0 amide bonds. The fraction of sp³-hybridized carbons (Fsp3) is 0.133. The van der Waals surface area contributed by atoms with Crippen LogP contribution in [-0.4, -0.2) is 9.78 Å². The maximum Gasteiger partial charge on any atom is 0.416 e. The summed E-state index contributed by atoms with van der Waals surface area (Å²) >= 11 is 11.9. The summed E-state index contributed by atoms with van der Waals surface area (Å²) in [5.74, 6) is 0. The predicted octanol–water partition coefficient (Wildman–Crippen LogP) is 5.41. The highest BCUT2D eigenvalue weighted by atomic mass is 35.5. The summed E-state index contributed by atoms with van der Waals surface area (Å²) in [6.07, 6.45) is -2.86. The van der Waals surface area contributed by atoms with Gasteiger partial charge in [-0.2, -0.15) is 18.3 Å². The Morgan fingerprint density at radius 2 is 1.82 bits per heavy atom. The van der Waals surface area contributed by atoms with Crippen molar-refractivity contribution in [3.63, 3.8) is 0 Å². The number of halogens is 5. The highest BCUT2D eigenvalue weighted by Gasteiger charge is 2.30. The van der Waals surface area contributed by atoms with Crippen molar-refractivity contribution in [2.45, 2.75) is 12.7 Å². The summed E-state index contributed by atoms with van der Waals surface area (Å²) in [4.78, 5) is 0. The minimum atomic E-state index is -4.39. The third-order valence-electron chi connectivity index (χ3n) is 3.31. The number of hydrogen-bond acceptors (Lipinski definition) is 1. The predicted molar refractivity (Wildman–Crippen MR) is 80.3 cm³/mol. The van der Waals surface area contributed by atoms with Crippen LogP contribution in [-0.2, 0) is 12.7 Å². The van der Waals surface area contributed by atoms with Crippen LogP contribution < -0.4 is 0 Å². The Morgan fingerprint density at radius 3 is 2.50 bits per heavy atom. The number of benzene rings is 2. The maximum absolute atomic E-state index is 12.8. The van der Waals surface area contributed by atoms with Crippen molar-refractivity contribution in [1.82, 2.24) is 9.78 Å². The van der Waals surface area contributed by atoms with E-state index in [0.717, 1.165) is 17.7 Å². The first-order valence-corrected chi connectivity index (χ1v) is 7.07. The molecule has 3 rings (SSSR count). The quantitative estimate of drug-likeness (QED) is 0.607. The Hall–Kier alpha value is -1.72. The topological polar surface area (TPSA) is 17.8 Å². The van der Waals surface area contributed by atoms with Crippen LogP contribution in [0, 0.1) is 0 Å². The number of nitrogens with zero attached hydrogens (tertiary/aromatic N) is 2. The van der Waals surface area contributed by atoms with Gasteiger partial charge in [0.15, 0.2) is 0 Å². The third-order valence-corrected chi connectivity index (χ3v) is 3.89. The molecule has 0 aliphatic carbocycles. The molecule has 3 aromatic rings. The molecule has 0 spiro atoms. The molecule has 114 valence electrons. The molecule has 0 N–H and O–H groups in total. The average Bonchev–Trinajstić information content (AvgIpc) is 2.83. The van der Waals surface area contributed by atoms with Crippen LogP contribution in [0.2, 0.25) is 10.0 Å². The standard InChI is InChI=1S/C15H9Cl2F3N2/c16-12-4-2-10(13(17)6-12)8-22-14-5-11(15(18,19)20)3-1-9(14)7-21-22/h1-7H,8H2. The van der Waals surface area contributed by atoms with Gasteiger partial charge in [-0.05, 0) is 29.8 Å². The molecule has 0 saturated carbocycles. The van der Waals surface area contributed by atoms with Crippen LogP contribution in [0.25, 0.3) is 10.9 Å². The second-order valence-electron chi connectivity index (χ2n) is 4.81. The van der Waals surface area contributed by atoms with Crippen molar-refractivity contribution in [2.24, 2.45) is 0 Å². The average molecular weight is 345 g/mol. The lowest BCUT2D eigenvalue weighted by Gasteiger charge is -2.09. The zero-order valence-electron chi connectivity index (χ0n) is 11.0. The molecule has 0 fully saturated rings. The first kappa shape index (κ1) is 15.2. The highest BCUT2D eigenvalue weighted by Crippen LogP contribution is 2.31. The van der Waals surface area contributed by atoms with Gasteiger partial charge in [0.1, 0.15) is 0 Å². The van der Waals surface area contributed by atoms with Crippen molar-refractivity contribution in [2.75, 3.05) is 0 Å². The van der Waals surface area contributed by atoms with E-state index in [1.165, 1.54) is 16.9 Å². The van der Waals surface area contributed by atoms with E-state index >= 15 is 0 Å². The zero-order chi connectivity index (χ0) is 15.9. The molecule has 22 heavy (non-hydrogen) atoms. The second kappa shape index (κ2) is 5.48. The van der Waals surface area contributed by atoms with Gasteiger partial charge in [-0.25, -0.2) is 0 Å². The van der Waals surface area contributed by atoms with Crippen molar-refractivity contribution in [3.05, 3.63) is 63.8 Å². The molecule has 0 unspecified atom stereocenters. The van der Waals surface area contributed by atoms with E-state index in [1.54, 1.807) is 18.2 Å². The minimum Gasteiger partial charge on any atom is -0.260 e. The summed E-state index contributed by atoms with van der Waals surface area (Å²) in [6, 6.07) is 8.54. The molecule has 0 radical (unpaired) electrons. The van der Waals surface area contributed by atoms with E-state index < -0.39 is 11.7 Å². The smallest absolute Gasteiger partial charge is 0.260 e. The van der Waals surface area contributed by atoms with E-state index in [0.29, 0.717) is 20.9 Å². The van der Waals surface area contributed by atoms with Crippen LogP contribution in [0.5, 0.6) is 0 Å². The molecular weight excluding hydrogens is 336 g/mol. The van der Waals surface area contributed by atoms with Gasteiger partial charge in [0.25, 0.3) is 0 Å². The summed E-state index contributed by atoms with van der Waals surface area (Å²) in [6.45, 7) is 0.265. The van der Waals surface area contributed by atoms with Gasteiger partial charge in [0.05, 0.1) is 23.8 Å². The van der Waals surface area contributed by atoms with Gasteiger partial charge in [-0.3, -0.25) is 4.68 Å². The Morgan fingerprint density at radius 1 is 1.05 bits per heavy atom. The summed E-state index contributed by atoms with van der Waals surface area (Å²) in [7, 11) is 0. The van der Waals surface area contributed by atoms with Crippen molar-refractivity contribution < 1.29 is 13.2 Å². The SMILES string of the molecule is FC(F)(F)c1ccc2cnn(Cc3ccc(Cl)cc3Cl)c2c1. The van der Waals surface area contributed by atoms with Gasteiger partial charge in [-0.1, -0.05) is 35.3 Å². The normalized spacial score (nSPS) is 12.0. The second-order valence-corrected chi connectivity index (χ2v) is 5.65. The molecule has 0 atom stereocenters. The Kier molecular flexibility index (Phi) is 3.78. The van der Waals surface area contributed by atoms with E-state index in [4.69, 9.17) is 23.2 Å². The van der Waals surface area contributed by atoms with E-state index in [9.17, 15) is 13.2 Å². The first-order valence-electron chi connectivity index (χ1n) is 6.31. The van der Waals surface area contributed by atoms with Crippen molar-refractivity contribution >= 4 is 34.1 Å². The minimum absolute atomic E-state index is 0.265. The van der Waals surface area contributed by atoms with Gasteiger partial charge in [-0.15, -0.1) is 0 Å². The molecule has 7 heteroatoms. The number of aromatic nitrogens is 2. The summed E-state index contributed by atoms with van der Waals surface area (Å²) < 4.78 is 40.0. The molecule has 1 aromatic heterocycles. The van der Waals surface area contributed by atoms with Crippen LogP contribution in [0.15, 0.2) is 42.6 Å². The molecule has 2 aromatic carbocycles. The lowest BCUT2D eigenvalue weighted by Crippen LogP contribution is -2.06. The van der Waals surface area contributed by atoms with Gasteiger partial charge in [0.2, 0.25) is 0 Å². The summed E-state index contributed by atoms with van der Waals surface area (Å²) in [5, 5.41) is 5.72. The van der Waals surface area contributed by atoms with Gasteiger partial charge in [0, 0.05) is 15.4 Å². The van der Waals surface area contributed by atoms with Crippen LogP contribution >= 0.6 is 23.2 Å². The number of fused-ring (bicyclic) bond motifs is 1. The Labute approximate surface area is 134 Å². The van der Waals surface area contributed by atoms with Crippen molar-refractivity contribution in [1.29, 1.82) is 0 Å². The Balaban J connectivity index is 2.03. The Bertz CT molecular complexity index is 840. The van der Waals surface area contributed by atoms with Gasteiger partial charge >= 0.3 is 6.18 Å². The highest BCUT2D eigenvalue weighted by molar-refractivity contribution is 6.35. The molecule has 0 bridgehead atoms. The monoisotopic (exact) mass is 344 g/mol. The molecule has 0 aliphatic heterocycles. The number of alkyl halides is 3. The van der Waals surface area contributed by atoms with E-state index in [1.807, 2.05) is 0 Å². The zero-order valence-corrected chi connectivity index (χ0v) is 12.5. The third kappa shape index (κ3) is 2.91. The number of hydrogen-bond donors (Lipinski definition) is 0. The first-order chi connectivity index (χ1) is 10.3. The lowest BCUT2D eigenvalue weighted by atomic mass is 10.1. The van der Waals surface area contributed by atoms with Crippen LogP contribution in [0.3, 0.4) is 0 Å². The maximum atomic E-state index is 12.8. The van der Waals surface area contributed by atoms with Crippen molar-refractivity contribution in [3.8, 4) is 0 Å².